The fourth-order valence-corrected chi connectivity index (χ4v) is 0.683. The molecule has 5 N–H and O–H groups in total. The van der Waals surface area contributed by atoms with Crippen molar-refractivity contribution < 1.29 is 33.8 Å². The van der Waals surface area contributed by atoms with E-state index in [9.17, 15) is 4.79 Å². The van der Waals surface area contributed by atoms with Gasteiger partial charge in [0.2, 0.25) is 0 Å². The molecule has 0 fully saturated rings. The van der Waals surface area contributed by atoms with Crippen LogP contribution in [0.4, 0.5) is 0 Å². The Morgan fingerprint density at radius 2 is 1.91 bits per heavy atom. The minimum Gasteiger partial charge on any atom is -0.450 e. The number of aliphatic hydroxyl groups is 2. The summed E-state index contributed by atoms with van der Waals surface area (Å²) in [6.45, 7) is -0.913. The van der Waals surface area contributed by atoms with Gasteiger partial charge in [-0.25, -0.2) is 0 Å². The predicted octanol–water partition coefficient (Wildman–Crippen LogP) is -3.70. The lowest BCUT2D eigenvalue weighted by atomic mass is 10.4. The molecule has 0 radical (unpaired) electrons. The minimum absolute atomic E-state index is 0.913. The van der Waals surface area contributed by atoms with Crippen LogP contribution in [0.25, 0.3) is 0 Å². The third kappa shape index (κ3) is 4.84. The van der Waals surface area contributed by atoms with E-state index in [0.717, 1.165) is 0 Å². The maximum absolute atomic E-state index is 10.3. The number of carbonyl (C=O) groups is 1. The van der Waals surface area contributed by atoms with Gasteiger partial charge in [0.15, 0.2) is 6.10 Å². The van der Waals surface area contributed by atoms with Crippen molar-refractivity contribution in [2.45, 2.75) is 6.10 Å². The smallest absolute Gasteiger partial charge is 0.450 e. The average molecular weight is 184 g/mol. The second-order valence-electron chi connectivity index (χ2n) is 1.69. The summed E-state index contributed by atoms with van der Waals surface area (Å²) in [7, 11) is -4.92. The first-order valence-corrected chi connectivity index (χ1v) is 4.30. The number of carbonyl (C=O) groups excluding carboxylic acids is 1. The fraction of sp³-hybridized carbons (Fsp3) is 0.667. The number of hydrogen-bond donors (Lipinski definition) is 5. The lowest BCUT2D eigenvalue weighted by Gasteiger charge is -2.11. The molecule has 1 unspecified atom stereocenters. The number of aliphatic hydroxyl groups excluding tert-OH is 2. The van der Waals surface area contributed by atoms with Crippen molar-refractivity contribution >= 4 is 15.0 Å². The van der Waals surface area contributed by atoms with Crippen molar-refractivity contribution in [3.63, 3.8) is 0 Å². The third-order valence-corrected chi connectivity index (χ3v) is 1.16. The van der Waals surface area contributed by atoms with Crippen molar-refractivity contribution in [3.05, 3.63) is 0 Å². The summed E-state index contributed by atoms with van der Waals surface area (Å²) in [6, 6.07) is 0. The molecule has 0 heterocycles. The summed E-state index contributed by atoms with van der Waals surface area (Å²) < 4.78 is 3.55. The highest BCUT2D eigenvalue weighted by molar-refractivity contribution is 6.50. The Balaban J connectivity index is 3.88. The van der Waals surface area contributed by atoms with Crippen molar-refractivity contribution in [1.29, 1.82) is 0 Å². The average Bonchev–Trinajstić information content (AvgIpc) is 1.82. The molecular weight excluding hydrogens is 176 g/mol. The Bertz CT molecular complexity index is 139. The van der Waals surface area contributed by atoms with Crippen LogP contribution in [0, 0.1) is 0 Å². The molecule has 0 saturated heterocycles. The van der Waals surface area contributed by atoms with Crippen LogP contribution in [-0.4, -0.2) is 52.3 Å². The quantitative estimate of drug-likeness (QED) is 0.285. The van der Waals surface area contributed by atoms with Gasteiger partial charge in [-0.3, -0.25) is 4.79 Å². The van der Waals surface area contributed by atoms with Gasteiger partial charge in [-0.15, -0.1) is 0 Å². The first-order valence-electron chi connectivity index (χ1n) is 2.55. The molecule has 0 aliphatic heterocycles. The first-order chi connectivity index (χ1) is 4.87. The van der Waals surface area contributed by atoms with Crippen LogP contribution in [0.5, 0.6) is 0 Å². The van der Waals surface area contributed by atoms with Crippen LogP contribution < -0.4 is 0 Å². The fourth-order valence-electron chi connectivity index (χ4n) is 0.278. The summed E-state index contributed by atoms with van der Waals surface area (Å²) in [5.41, 5.74) is 0. The molecule has 0 bridgehead atoms. The summed E-state index contributed by atoms with van der Waals surface area (Å²) >= 11 is 0. The molecule has 11 heavy (non-hydrogen) atoms. The highest BCUT2D eigenvalue weighted by atomic mass is 28.4. The SMILES string of the molecule is O=C(O[Si](O)(O)O)C(O)CO. The topological polar surface area (TPSA) is 127 Å². The zero-order valence-corrected chi connectivity index (χ0v) is 6.34. The van der Waals surface area contributed by atoms with Gasteiger partial charge in [-0.05, 0) is 0 Å². The van der Waals surface area contributed by atoms with E-state index >= 15 is 0 Å². The van der Waals surface area contributed by atoms with Crippen LogP contribution in [0.15, 0.2) is 0 Å². The Morgan fingerprint density at radius 1 is 1.45 bits per heavy atom. The predicted molar refractivity (Wildman–Crippen MR) is 31.6 cm³/mol. The van der Waals surface area contributed by atoms with E-state index in [2.05, 4.69) is 4.43 Å². The molecule has 0 aliphatic rings. The van der Waals surface area contributed by atoms with Crippen LogP contribution in [0.2, 0.25) is 0 Å². The van der Waals surface area contributed by atoms with E-state index in [4.69, 9.17) is 24.6 Å². The zero-order valence-electron chi connectivity index (χ0n) is 5.34. The van der Waals surface area contributed by atoms with Crippen LogP contribution in [0.1, 0.15) is 0 Å². The molecule has 0 amide bonds. The second-order valence-corrected chi connectivity index (χ2v) is 3.05. The molecule has 66 valence electrons. The maximum atomic E-state index is 10.3. The molecule has 0 rings (SSSR count). The van der Waals surface area contributed by atoms with Gasteiger partial charge in [0, 0.05) is 0 Å². The van der Waals surface area contributed by atoms with Gasteiger partial charge in [0.25, 0.3) is 0 Å². The van der Waals surface area contributed by atoms with E-state index in [0.29, 0.717) is 0 Å². The summed E-state index contributed by atoms with van der Waals surface area (Å²) in [5.74, 6) is -1.48. The largest absolute Gasteiger partial charge is 0.743 e. The highest BCUT2D eigenvalue weighted by Gasteiger charge is 2.37. The molecule has 0 spiro atoms. The Labute approximate surface area is 62.6 Å². The van der Waals surface area contributed by atoms with Crippen molar-refractivity contribution in [2.75, 3.05) is 6.61 Å². The van der Waals surface area contributed by atoms with Crippen LogP contribution >= 0.6 is 0 Å². The van der Waals surface area contributed by atoms with Crippen LogP contribution in [-0.2, 0) is 9.22 Å². The monoisotopic (exact) mass is 184 g/mol. The van der Waals surface area contributed by atoms with Crippen molar-refractivity contribution in [3.8, 4) is 0 Å². The molecule has 0 saturated carbocycles. The molecule has 0 aromatic carbocycles. The van der Waals surface area contributed by atoms with Crippen molar-refractivity contribution in [1.82, 2.24) is 0 Å². The lowest BCUT2D eigenvalue weighted by molar-refractivity contribution is -0.152. The van der Waals surface area contributed by atoms with Crippen LogP contribution in [0.3, 0.4) is 0 Å². The Morgan fingerprint density at radius 3 is 2.18 bits per heavy atom. The molecule has 1 atom stereocenters. The maximum Gasteiger partial charge on any atom is 0.743 e. The molecule has 0 aromatic rings. The molecule has 0 aliphatic carbocycles. The van der Waals surface area contributed by atoms with E-state index in [-0.39, 0.29) is 0 Å². The van der Waals surface area contributed by atoms with Gasteiger partial charge in [-0.1, -0.05) is 0 Å². The Kier molecular flexibility index (Phi) is 3.58. The first kappa shape index (κ1) is 10.5. The molecule has 7 nitrogen and oxygen atoms in total. The van der Waals surface area contributed by atoms with E-state index in [1.54, 1.807) is 0 Å². The number of rotatable bonds is 3. The Hall–Kier alpha value is -0.513. The standard InChI is InChI=1S/C3H8O7Si/c4-1-2(5)3(6)10-11(7,8)9/h2,4-5,7-9H,1H2. The zero-order chi connectivity index (χ0) is 9.07. The van der Waals surface area contributed by atoms with E-state index in [1.165, 1.54) is 0 Å². The lowest BCUT2D eigenvalue weighted by Crippen LogP contribution is -2.44. The normalized spacial score (nSPS) is 14.3. The summed E-state index contributed by atoms with van der Waals surface area (Å²) in [4.78, 5) is 34.8. The highest BCUT2D eigenvalue weighted by Crippen LogP contribution is 1.94. The summed E-state index contributed by atoms with van der Waals surface area (Å²) in [5, 5.41) is 16.6. The van der Waals surface area contributed by atoms with Gasteiger partial charge < -0.3 is 29.0 Å². The third-order valence-electron chi connectivity index (χ3n) is 0.683. The van der Waals surface area contributed by atoms with Gasteiger partial charge in [0.1, 0.15) is 0 Å². The molecule has 0 aromatic heterocycles. The minimum atomic E-state index is -4.92. The number of hydrogen-bond acceptors (Lipinski definition) is 7. The van der Waals surface area contributed by atoms with E-state index < -0.39 is 27.7 Å². The van der Waals surface area contributed by atoms with E-state index in [1.807, 2.05) is 0 Å². The summed E-state index contributed by atoms with van der Waals surface area (Å²) in [6.07, 6.45) is -1.87. The molecular formula is C3H8O7Si. The van der Waals surface area contributed by atoms with Gasteiger partial charge in [0.05, 0.1) is 6.61 Å². The molecule has 8 heteroatoms. The van der Waals surface area contributed by atoms with Gasteiger partial charge >= 0.3 is 15.0 Å². The second kappa shape index (κ2) is 3.76. The van der Waals surface area contributed by atoms with Gasteiger partial charge in [-0.2, -0.15) is 0 Å². The van der Waals surface area contributed by atoms with Crippen molar-refractivity contribution in [2.24, 2.45) is 0 Å².